The van der Waals surface area contributed by atoms with Crippen LogP contribution in [0.2, 0.25) is 0 Å². The Balaban J connectivity index is 1.06. The summed E-state index contributed by atoms with van der Waals surface area (Å²) in [5.74, 6) is 0.211. The molecule has 1 saturated carbocycles. The van der Waals surface area contributed by atoms with Gasteiger partial charge in [0.25, 0.3) is 5.91 Å². The maximum atomic E-state index is 14.5. The molecule has 8 heterocycles. The molecule has 3 aromatic rings. The van der Waals surface area contributed by atoms with E-state index in [1.54, 1.807) is 18.9 Å². The average Bonchev–Trinajstić information content (AvgIpc) is 3.63. The number of hydrazine groups is 1. The Morgan fingerprint density at radius 3 is 2.70 bits per heavy atom. The fourth-order valence-electron chi connectivity index (χ4n) is 11.1. The Morgan fingerprint density at radius 1 is 1.08 bits per heavy atom. The number of aromatic nitrogens is 2. The van der Waals surface area contributed by atoms with Crippen LogP contribution >= 0.6 is 11.8 Å². The summed E-state index contributed by atoms with van der Waals surface area (Å²) in [6, 6.07) is 8.42. The number of benzene rings is 1. The molecule has 4 saturated heterocycles. The van der Waals surface area contributed by atoms with Gasteiger partial charge in [-0.2, -0.15) is 0 Å². The minimum atomic E-state index is -1.13. The lowest BCUT2D eigenvalue weighted by molar-refractivity contribution is -0.162. The third kappa shape index (κ3) is 8.14. The number of morpholine rings is 1. The van der Waals surface area contributed by atoms with Crippen molar-refractivity contribution in [3.05, 3.63) is 47.3 Å². The van der Waals surface area contributed by atoms with E-state index in [0.29, 0.717) is 45.1 Å². The van der Waals surface area contributed by atoms with Gasteiger partial charge >= 0.3 is 5.97 Å². The van der Waals surface area contributed by atoms with Gasteiger partial charge in [0.05, 0.1) is 79.5 Å². The highest BCUT2D eigenvalue weighted by atomic mass is 32.2. The van der Waals surface area contributed by atoms with Crippen molar-refractivity contribution < 1.29 is 33.3 Å². The molecule has 6 aliphatic heterocycles. The van der Waals surface area contributed by atoms with Gasteiger partial charge in [-0.25, -0.2) is 10.2 Å². The standard InChI is InChI=1S/C48H64N8O7S/c1-7-55-39-10-9-29-17-32(39)34(43(55)33-18-30(21-49-42(33)28(2)60-6)54-14-13-53-15-16-61-23-31(53)22-54)20-47(3,4)27-63-46(59)48(5)11-8-12-56(52-48)45(58)37(19-40-50-38(29)26-64-40)51-44(57)41-35-24-62-25-36(35)41/h9-10,17-18,21,28,31,35-38,41,52H,7-8,11-16,19-20,22-27H2,1-6H3,(H,51,57)/t28-,31-,35-,36+,37-,38?,41+,48+/m0/s1. The van der Waals surface area contributed by atoms with Crippen LogP contribution in [0, 0.1) is 23.2 Å². The number of ether oxygens (including phenoxy) is 4. The fourth-order valence-corrected chi connectivity index (χ4v) is 12.2. The van der Waals surface area contributed by atoms with Crippen LogP contribution < -0.4 is 15.6 Å². The van der Waals surface area contributed by atoms with Gasteiger partial charge in [-0.3, -0.25) is 29.5 Å². The third-order valence-electron chi connectivity index (χ3n) is 15.0. The highest BCUT2D eigenvalue weighted by Gasteiger charge is 2.58. The Morgan fingerprint density at radius 2 is 1.91 bits per heavy atom. The van der Waals surface area contributed by atoms with Crippen LogP contribution in [0.15, 0.2) is 35.5 Å². The second kappa shape index (κ2) is 17.3. The lowest BCUT2D eigenvalue weighted by Gasteiger charge is -2.44. The first-order valence-corrected chi connectivity index (χ1v) is 24.4. The predicted octanol–water partition coefficient (Wildman–Crippen LogP) is 4.92. The van der Waals surface area contributed by atoms with Crippen molar-refractivity contribution in [2.45, 2.75) is 96.6 Å². The Labute approximate surface area is 380 Å². The number of nitrogens with zero attached hydrogens (tertiary/aromatic N) is 6. The molecule has 8 atom stereocenters. The number of thioether (sulfide) groups is 1. The molecule has 344 valence electrons. The van der Waals surface area contributed by atoms with E-state index in [4.69, 9.17) is 28.9 Å². The van der Waals surface area contributed by atoms with Crippen molar-refractivity contribution in [2.24, 2.45) is 28.2 Å². The minimum Gasteiger partial charge on any atom is -0.464 e. The summed E-state index contributed by atoms with van der Waals surface area (Å²) in [6.07, 6.45) is 3.74. The van der Waals surface area contributed by atoms with Gasteiger partial charge in [0, 0.05) is 86.4 Å². The maximum Gasteiger partial charge on any atom is 0.327 e. The van der Waals surface area contributed by atoms with Crippen LogP contribution in [-0.2, 0) is 46.3 Å². The fraction of sp³-hybridized carbons (Fsp3) is 0.646. The summed E-state index contributed by atoms with van der Waals surface area (Å²) >= 11 is 1.65. The number of esters is 1. The van der Waals surface area contributed by atoms with Gasteiger partial charge in [-0.05, 0) is 81.2 Å². The molecule has 64 heavy (non-hydrogen) atoms. The van der Waals surface area contributed by atoms with Gasteiger partial charge in [0.1, 0.15) is 11.6 Å². The van der Waals surface area contributed by atoms with E-state index in [-0.39, 0.29) is 54.7 Å². The van der Waals surface area contributed by atoms with Gasteiger partial charge in [0.2, 0.25) is 5.91 Å². The average molecular weight is 897 g/mol. The lowest BCUT2D eigenvalue weighted by Crippen LogP contribution is -2.65. The first-order chi connectivity index (χ1) is 30.8. The number of amides is 2. The zero-order valence-electron chi connectivity index (χ0n) is 38.2. The molecule has 16 heteroatoms. The van der Waals surface area contributed by atoms with Gasteiger partial charge < -0.3 is 33.7 Å². The molecule has 0 spiro atoms. The zero-order valence-corrected chi connectivity index (χ0v) is 39.0. The maximum absolute atomic E-state index is 14.5. The van der Waals surface area contributed by atoms with E-state index in [0.717, 1.165) is 95.8 Å². The normalized spacial score (nSPS) is 31.2. The number of carbonyl (C=O) groups excluding carboxylic acids is 3. The number of nitrogens with one attached hydrogen (secondary N) is 2. The molecular weight excluding hydrogens is 833 g/mol. The van der Waals surface area contributed by atoms with Crippen LogP contribution in [0.4, 0.5) is 5.69 Å². The molecule has 7 aliphatic rings. The van der Waals surface area contributed by atoms with Crippen LogP contribution in [0.5, 0.6) is 0 Å². The van der Waals surface area contributed by atoms with Crippen molar-refractivity contribution in [1.82, 2.24) is 30.2 Å². The van der Waals surface area contributed by atoms with Crippen LogP contribution in [-0.4, -0.2) is 139 Å². The smallest absolute Gasteiger partial charge is 0.327 e. The number of hydrogen-bond donors (Lipinski definition) is 2. The third-order valence-corrected chi connectivity index (χ3v) is 16.0. The molecule has 2 N–H and O–H groups in total. The van der Waals surface area contributed by atoms with Gasteiger partial charge in [-0.15, -0.1) is 11.8 Å². The number of pyridine rings is 1. The van der Waals surface area contributed by atoms with Crippen LogP contribution in [0.1, 0.15) is 82.8 Å². The highest BCUT2D eigenvalue weighted by molar-refractivity contribution is 8.14. The van der Waals surface area contributed by atoms with Gasteiger partial charge in [0.15, 0.2) is 0 Å². The summed E-state index contributed by atoms with van der Waals surface area (Å²) in [5, 5.41) is 6.64. The lowest BCUT2D eigenvalue weighted by atomic mass is 9.84. The SMILES string of the molecule is CCn1c(-c2cc(N3CCN4CCOC[C@@H]4C3)cnc2[C@H](C)OC)c2c3cc(ccc31)C1CSC(=N1)C[C@H](NC(=O)[C@H]1[C@@H]3COC[C@@H]31)C(=O)N1CCC[C@@](C)(N1)C(=O)OCC(C)(C)C2. The number of cyclic esters (lactones) is 1. The van der Waals surface area contributed by atoms with E-state index in [9.17, 15) is 14.4 Å². The van der Waals surface area contributed by atoms with Crippen molar-refractivity contribution >= 4 is 51.2 Å². The van der Waals surface area contributed by atoms with E-state index in [1.165, 1.54) is 10.6 Å². The molecule has 5 fully saturated rings. The second-order valence-corrected chi connectivity index (χ2v) is 21.1. The highest BCUT2D eigenvalue weighted by Crippen LogP contribution is 2.51. The van der Waals surface area contributed by atoms with E-state index in [1.807, 2.05) is 13.1 Å². The number of aliphatic imine (C=N–C) groups is 1. The largest absolute Gasteiger partial charge is 0.464 e. The number of piperazine rings is 1. The summed E-state index contributed by atoms with van der Waals surface area (Å²) in [5.41, 5.74) is 9.12. The Hall–Kier alpha value is -4.06. The zero-order chi connectivity index (χ0) is 44.5. The molecule has 2 aromatic heterocycles. The number of carbonyl (C=O) groups is 3. The van der Waals surface area contributed by atoms with E-state index >= 15 is 0 Å². The monoisotopic (exact) mass is 896 g/mol. The number of rotatable bonds is 7. The summed E-state index contributed by atoms with van der Waals surface area (Å²) < 4.78 is 26.2. The molecule has 1 unspecified atom stereocenters. The number of anilines is 1. The molecule has 1 aliphatic carbocycles. The molecule has 2 amide bonds. The van der Waals surface area contributed by atoms with E-state index < -0.39 is 23.0 Å². The summed E-state index contributed by atoms with van der Waals surface area (Å²) in [7, 11) is 1.74. The second-order valence-electron chi connectivity index (χ2n) is 20.0. The molecule has 15 nitrogen and oxygen atoms in total. The van der Waals surface area contributed by atoms with Crippen LogP contribution in [0.3, 0.4) is 0 Å². The van der Waals surface area contributed by atoms with Crippen molar-refractivity contribution in [1.29, 1.82) is 0 Å². The molecule has 1 aromatic carbocycles. The van der Waals surface area contributed by atoms with Crippen molar-refractivity contribution in [3.63, 3.8) is 0 Å². The van der Waals surface area contributed by atoms with Gasteiger partial charge in [-0.1, -0.05) is 19.9 Å². The predicted molar refractivity (Wildman–Crippen MR) is 246 cm³/mol. The first-order valence-electron chi connectivity index (χ1n) is 23.4. The summed E-state index contributed by atoms with van der Waals surface area (Å²) in [6.45, 7) is 18.1. The van der Waals surface area contributed by atoms with Crippen molar-refractivity contribution in [2.75, 3.05) is 83.5 Å². The number of hydrogen-bond acceptors (Lipinski definition) is 13. The number of methoxy groups -OCH3 is 1. The quantitative estimate of drug-likeness (QED) is 0.310. The Kier molecular flexibility index (Phi) is 11.8. The Bertz CT molecular complexity index is 2340. The minimum absolute atomic E-state index is 0.111. The molecule has 0 radical (unpaired) electrons. The van der Waals surface area contributed by atoms with Crippen LogP contribution in [0.25, 0.3) is 22.2 Å². The summed E-state index contributed by atoms with van der Waals surface area (Å²) in [4.78, 5) is 57.9. The first kappa shape index (κ1) is 43.8. The molecule has 10 rings (SSSR count). The number of aryl methyl sites for hydroxylation is 1. The molecule has 6 bridgehead atoms. The molecular formula is C48H64N8O7S. The topological polar surface area (TPSA) is 152 Å². The van der Waals surface area contributed by atoms with Crippen molar-refractivity contribution in [3.8, 4) is 11.3 Å². The van der Waals surface area contributed by atoms with E-state index in [2.05, 4.69) is 77.1 Å². The number of fused-ring (bicyclic) bond motifs is 7.